The molecule has 9 aromatic heterocycles. The van der Waals surface area contributed by atoms with E-state index in [4.69, 9.17) is 0 Å². The fourth-order valence-corrected chi connectivity index (χ4v) is 11.8. The molecule has 3 aliphatic carbocycles. The quantitative estimate of drug-likeness (QED) is 0.145. The van der Waals surface area contributed by atoms with Gasteiger partial charge in [-0.05, 0) is 227 Å². The van der Waals surface area contributed by atoms with Crippen molar-refractivity contribution in [3.8, 4) is 0 Å². The van der Waals surface area contributed by atoms with Gasteiger partial charge in [-0.15, -0.1) is 0 Å². The molecule has 14 rings (SSSR count). The van der Waals surface area contributed by atoms with Gasteiger partial charge in [0.05, 0.1) is 50.7 Å². The van der Waals surface area contributed by atoms with Crippen molar-refractivity contribution < 1.29 is 0 Å². The van der Waals surface area contributed by atoms with Gasteiger partial charge in [0.1, 0.15) is 28.8 Å². The van der Waals surface area contributed by atoms with Gasteiger partial charge >= 0.3 is 0 Å². The minimum atomic E-state index is 0.843. The van der Waals surface area contributed by atoms with Crippen LogP contribution >= 0.6 is 0 Å². The van der Waals surface area contributed by atoms with Crippen LogP contribution in [0.2, 0.25) is 0 Å². The number of benzene rings is 2. The molecule has 0 radical (unpaired) electrons. The van der Waals surface area contributed by atoms with E-state index in [-0.39, 0.29) is 0 Å². The Hall–Kier alpha value is -8.71. The maximum atomic E-state index is 4.44. The summed E-state index contributed by atoms with van der Waals surface area (Å²) < 4.78 is 8.35. The van der Waals surface area contributed by atoms with Gasteiger partial charge in [0, 0.05) is 77.4 Å². The zero-order valence-corrected chi connectivity index (χ0v) is 67.7. The van der Waals surface area contributed by atoms with Crippen LogP contribution in [0.1, 0.15) is 234 Å². The summed E-state index contributed by atoms with van der Waals surface area (Å²) in [5, 5.41) is 0. The number of para-hydroxylation sites is 1. The molecule has 13 heteroatoms. The molecular formula is C85H127N13. The van der Waals surface area contributed by atoms with E-state index < -0.39 is 0 Å². The Morgan fingerprint density at radius 3 is 1.19 bits per heavy atom. The highest BCUT2D eigenvalue weighted by Gasteiger charge is 2.20. The summed E-state index contributed by atoms with van der Waals surface area (Å²) in [6.45, 7) is 64.0. The molecule has 0 fully saturated rings. The average molecular weight is 1330 g/mol. The van der Waals surface area contributed by atoms with Crippen LogP contribution in [0.5, 0.6) is 0 Å². The number of nitrogens with zero attached hydrogens (tertiary/aromatic N) is 13. The number of rotatable bonds is 0. The number of aromatic nitrogens is 13. The van der Waals surface area contributed by atoms with Crippen LogP contribution in [0.4, 0.5) is 0 Å². The van der Waals surface area contributed by atoms with Gasteiger partial charge in [-0.3, -0.25) is 19.9 Å². The largest absolute Gasteiger partial charge is 0.331 e. The highest BCUT2D eigenvalue weighted by Crippen LogP contribution is 2.36. The van der Waals surface area contributed by atoms with E-state index in [1.165, 1.54) is 111 Å². The smallest absolute Gasteiger partial charge is 0.178 e. The van der Waals surface area contributed by atoms with Crippen molar-refractivity contribution in [2.24, 2.45) is 28.2 Å². The highest BCUT2D eigenvalue weighted by atomic mass is 15.1. The van der Waals surface area contributed by atoms with Gasteiger partial charge in [-0.1, -0.05) is 144 Å². The first kappa shape index (κ1) is 87.3. The summed E-state index contributed by atoms with van der Waals surface area (Å²) in [7, 11) is 8.11. The lowest BCUT2D eigenvalue weighted by Gasteiger charge is -2.04. The third kappa shape index (κ3) is 21.6. The Labute approximate surface area is 593 Å². The third-order valence-electron chi connectivity index (χ3n) is 17.1. The number of imidazole rings is 4. The second-order valence-electron chi connectivity index (χ2n) is 23.0. The van der Waals surface area contributed by atoms with Crippen molar-refractivity contribution in [2.75, 3.05) is 0 Å². The Morgan fingerprint density at radius 2 is 0.684 bits per heavy atom. The highest BCUT2D eigenvalue weighted by molar-refractivity contribution is 5.81. The SMILES string of the molecule is CC.CC.CC.CC.CC.CC.CC.CC1=C(C)c2c(C)cccc2C1.CC1=C(C)c2c(C)ccnc2C1.CC1=C(C)c2c(C)cncc2C1.Cc1cccc2nc(C)n(C)c12.Cc1ccnc2nc(C)n(C)c12.Cc1cncc2nc(C)n(C)c12.Cc1nccc2nc(C)n(C)c12. The molecule has 0 saturated heterocycles. The van der Waals surface area contributed by atoms with Crippen molar-refractivity contribution in [3.63, 3.8) is 0 Å². The van der Waals surface area contributed by atoms with Crippen LogP contribution in [0.3, 0.4) is 0 Å². The molecule has 0 amide bonds. The number of hydrogen-bond donors (Lipinski definition) is 0. The lowest BCUT2D eigenvalue weighted by atomic mass is 10.0. The third-order valence-corrected chi connectivity index (χ3v) is 17.1. The molecule has 0 atom stereocenters. The second-order valence-corrected chi connectivity index (χ2v) is 23.0. The van der Waals surface area contributed by atoms with E-state index in [1.807, 2.05) is 196 Å². The van der Waals surface area contributed by atoms with E-state index in [9.17, 15) is 0 Å². The lowest BCUT2D eigenvalue weighted by Crippen LogP contribution is -1.93. The summed E-state index contributed by atoms with van der Waals surface area (Å²) in [5.41, 5.74) is 34.8. The zero-order chi connectivity index (χ0) is 75.0. The van der Waals surface area contributed by atoms with E-state index in [1.54, 1.807) is 18.6 Å². The van der Waals surface area contributed by atoms with E-state index >= 15 is 0 Å². The predicted molar refractivity (Wildman–Crippen MR) is 429 cm³/mol. The number of fused-ring (bicyclic) bond motifs is 7. The van der Waals surface area contributed by atoms with Crippen LogP contribution in [0, 0.1) is 76.2 Å². The summed E-state index contributed by atoms with van der Waals surface area (Å²) >= 11 is 0. The maximum absolute atomic E-state index is 4.44. The van der Waals surface area contributed by atoms with E-state index in [0.717, 1.165) is 81.5 Å². The summed E-state index contributed by atoms with van der Waals surface area (Å²) in [6, 6.07) is 18.8. The molecule has 0 N–H and O–H groups in total. The van der Waals surface area contributed by atoms with Gasteiger partial charge < -0.3 is 18.3 Å². The fourth-order valence-electron chi connectivity index (χ4n) is 11.8. The molecule has 98 heavy (non-hydrogen) atoms. The predicted octanol–water partition coefficient (Wildman–Crippen LogP) is 23.0. The molecule has 0 saturated carbocycles. The number of hydrogen-bond acceptors (Lipinski definition) is 9. The summed E-state index contributed by atoms with van der Waals surface area (Å²) in [6.07, 6.45) is 16.4. The maximum Gasteiger partial charge on any atom is 0.178 e. The van der Waals surface area contributed by atoms with Gasteiger partial charge in [0.15, 0.2) is 5.65 Å². The molecule has 0 unspecified atom stereocenters. The molecule has 532 valence electrons. The standard InChI is InChI=1S/C12H14.2C11H13N.C10H12N2.3C9H11N3.7C2H6/c1-8-5-4-6-11-7-9(2)10(3)12(8)11;1-7-4-10-6-12-5-8(2)11(10)9(7)3;1-7-4-5-12-10-6-8(2)9(3)11(7)10;1-7-5-4-6-9-10(7)12(3)8(2)11-9;1-6-4-10-5-8-9(6)12(3)7(2)11-8;1-6-9-8(4-5-10-6)11-7(2)12(9)3;1-6-4-5-10-9-8(6)12(3)7(2)11-9;7*1-2/h4-6H,7H2,1-3H3;5-6H,4H2,1-3H3;4-5H,6H2,1-3H3;4-6H,1-3H3;3*4-5H,1-3H3;7*1-2H3. The topological polar surface area (TPSA) is 136 Å². The minimum absolute atomic E-state index is 0.843. The van der Waals surface area contributed by atoms with Gasteiger partial charge in [0.25, 0.3) is 0 Å². The van der Waals surface area contributed by atoms with Gasteiger partial charge in [0.2, 0.25) is 0 Å². The first-order valence-corrected chi connectivity index (χ1v) is 36.0. The molecule has 9 heterocycles. The first-order valence-electron chi connectivity index (χ1n) is 36.0. The van der Waals surface area contributed by atoms with E-state index in [0.29, 0.717) is 0 Å². The number of aryl methyl sites for hydroxylation is 15. The van der Waals surface area contributed by atoms with Gasteiger partial charge in [-0.2, -0.15) is 0 Å². The fraction of sp³-hybridized carbons (Fsp3) is 0.447. The van der Waals surface area contributed by atoms with Crippen molar-refractivity contribution >= 4 is 61.0 Å². The van der Waals surface area contributed by atoms with Crippen LogP contribution in [-0.4, -0.2) is 63.1 Å². The van der Waals surface area contributed by atoms with Crippen LogP contribution in [0.15, 0.2) is 115 Å². The molecule has 0 aliphatic heterocycles. The lowest BCUT2D eigenvalue weighted by molar-refractivity contribution is 0.880. The Bertz CT molecular complexity index is 3850. The molecule has 0 spiro atoms. The van der Waals surface area contributed by atoms with E-state index in [2.05, 4.69) is 190 Å². The minimum Gasteiger partial charge on any atom is -0.331 e. The second kappa shape index (κ2) is 43.5. The monoisotopic (exact) mass is 1330 g/mol. The Morgan fingerprint density at radius 1 is 0.296 bits per heavy atom. The molecule has 2 aromatic carbocycles. The molecule has 3 aliphatic rings. The van der Waals surface area contributed by atoms with Crippen molar-refractivity contribution in [3.05, 3.63) is 211 Å². The molecule has 13 nitrogen and oxygen atoms in total. The Balaban J connectivity index is 0.000000554. The van der Waals surface area contributed by atoms with Crippen molar-refractivity contribution in [1.82, 2.24) is 63.1 Å². The zero-order valence-electron chi connectivity index (χ0n) is 67.7. The molecular weight excluding hydrogens is 1200 g/mol. The number of pyridine rings is 5. The number of allylic oxidation sites excluding steroid dienone is 6. The normalized spacial score (nSPS) is 11.4. The Kier molecular flexibility index (Phi) is 38.8. The summed E-state index contributed by atoms with van der Waals surface area (Å²) in [4.78, 5) is 38.6. The molecule has 0 bridgehead atoms. The first-order chi connectivity index (χ1) is 46.9. The van der Waals surface area contributed by atoms with Crippen molar-refractivity contribution in [1.29, 1.82) is 0 Å². The van der Waals surface area contributed by atoms with Crippen LogP contribution in [0.25, 0.3) is 61.0 Å². The van der Waals surface area contributed by atoms with Crippen LogP contribution < -0.4 is 0 Å². The summed E-state index contributed by atoms with van der Waals surface area (Å²) in [5.74, 6) is 4.13. The van der Waals surface area contributed by atoms with Gasteiger partial charge in [-0.25, -0.2) is 24.9 Å². The molecule has 11 aromatic rings. The van der Waals surface area contributed by atoms with Crippen LogP contribution in [-0.2, 0) is 47.5 Å². The average Bonchev–Trinajstić information content (AvgIpc) is 1.74. The van der Waals surface area contributed by atoms with Crippen molar-refractivity contribution in [2.45, 2.75) is 234 Å².